The summed E-state index contributed by atoms with van der Waals surface area (Å²) >= 11 is 12.5. The van der Waals surface area contributed by atoms with E-state index in [1.54, 1.807) is 18.2 Å². The lowest BCUT2D eigenvalue weighted by molar-refractivity contribution is -0.122. The molecular formula is C28H23Cl2NO2. The molecular weight excluding hydrogens is 453 g/mol. The van der Waals surface area contributed by atoms with Crippen LogP contribution in [0.3, 0.4) is 0 Å². The number of halogens is 2. The van der Waals surface area contributed by atoms with Crippen LogP contribution in [0.15, 0.2) is 60.7 Å². The number of hydrogen-bond donors (Lipinski definition) is 0. The Kier molecular flexibility index (Phi) is 4.41. The lowest BCUT2D eigenvalue weighted by atomic mass is 9.54. The largest absolute Gasteiger partial charge is 0.274 e. The van der Waals surface area contributed by atoms with Crippen LogP contribution in [0.5, 0.6) is 0 Å². The molecule has 3 aromatic carbocycles. The van der Waals surface area contributed by atoms with Gasteiger partial charge in [-0.15, -0.1) is 0 Å². The van der Waals surface area contributed by atoms with Crippen LogP contribution < -0.4 is 4.90 Å². The SMILES string of the molecule is CC(C)(C)c1ccc2c(c1)[C@@H]1c3ccccc3[C@@H]2[C@@H]2C(=O)N(c3ccc(Cl)cc3Cl)C(=O)[C@H]12. The predicted molar refractivity (Wildman–Crippen MR) is 131 cm³/mol. The van der Waals surface area contributed by atoms with Crippen molar-refractivity contribution in [2.75, 3.05) is 4.90 Å². The van der Waals surface area contributed by atoms with Crippen molar-refractivity contribution in [3.63, 3.8) is 0 Å². The van der Waals surface area contributed by atoms with Gasteiger partial charge in [-0.25, -0.2) is 4.90 Å². The normalized spacial score (nSPS) is 25.2. The Labute approximate surface area is 203 Å². The summed E-state index contributed by atoms with van der Waals surface area (Å²) in [6.07, 6.45) is 0. The molecule has 0 N–H and O–H groups in total. The lowest BCUT2D eigenvalue weighted by Crippen LogP contribution is -2.41. The van der Waals surface area contributed by atoms with Crippen LogP contribution in [-0.2, 0) is 15.0 Å². The maximum Gasteiger partial charge on any atom is 0.238 e. The second kappa shape index (κ2) is 6.94. The zero-order valence-corrected chi connectivity index (χ0v) is 20.1. The Hall–Kier alpha value is -2.62. The van der Waals surface area contributed by atoms with Gasteiger partial charge in [-0.3, -0.25) is 9.59 Å². The number of carbonyl (C=O) groups excluding carboxylic acids is 2. The summed E-state index contributed by atoms with van der Waals surface area (Å²) in [5.41, 5.74) is 6.29. The molecule has 2 bridgehead atoms. The van der Waals surface area contributed by atoms with Gasteiger partial charge in [0.2, 0.25) is 11.8 Å². The molecule has 4 atom stereocenters. The third-order valence-electron chi connectivity index (χ3n) is 7.56. The van der Waals surface area contributed by atoms with E-state index in [9.17, 15) is 9.59 Å². The standard InChI is InChI=1S/C28H23Cl2NO2/c1-28(2,3)14-8-10-18-19(12-14)23-17-7-5-4-6-16(17)22(18)24-25(23)27(33)31(26(24)32)21-11-9-15(29)13-20(21)30/h4-13,22-25H,1-3H3/t22-,23-,24-,25+/m0/s1. The molecule has 1 saturated heterocycles. The summed E-state index contributed by atoms with van der Waals surface area (Å²) in [4.78, 5) is 29.0. The summed E-state index contributed by atoms with van der Waals surface area (Å²) in [5, 5.41) is 0.773. The number of amides is 2. The van der Waals surface area contributed by atoms with E-state index in [0.29, 0.717) is 15.7 Å². The minimum Gasteiger partial charge on any atom is -0.274 e. The van der Waals surface area contributed by atoms with Crippen molar-refractivity contribution in [2.24, 2.45) is 11.8 Å². The van der Waals surface area contributed by atoms with Crippen molar-refractivity contribution >= 4 is 40.7 Å². The van der Waals surface area contributed by atoms with Crippen LogP contribution in [0.1, 0.15) is 60.4 Å². The van der Waals surface area contributed by atoms with Crippen molar-refractivity contribution in [3.05, 3.63) is 98.5 Å². The minimum absolute atomic E-state index is 0.0109. The van der Waals surface area contributed by atoms with Gasteiger partial charge in [-0.05, 0) is 51.4 Å². The molecule has 33 heavy (non-hydrogen) atoms. The Morgan fingerprint density at radius 3 is 1.88 bits per heavy atom. The van der Waals surface area contributed by atoms with Crippen LogP contribution in [0, 0.1) is 11.8 Å². The van der Waals surface area contributed by atoms with Crippen LogP contribution >= 0.6 is 23.2 Å². The number of rotatable bonds is 1. The van der Waals surface area contributed by atoms with E-state index >= 15 is 0 Å². The zero-order chi connectivity index (χ0) is 23.2. The molecule has 3 aromatic rings. The van der Waals surface area contributed by atoms with Crippen LogP contribution in [0.2, 0.25) is 10.0 Å². The zero-order valence-electron chi connectivity index (χ0n) is 18.6. The Morgan fingerprint density at radius 1 is 0.727 bits per heavy atom. The van der Waals surface area contributed by atoms with Crippen molar-refractivity contribution in [1.29, 1.82) is 0 Å². The van der Waals surface area contributed by atoms with Crippen molar-refractivity contribution in [3.8, 4) is 0 Å². The molecule has 2 amide bonds. The van der Waals surface area contributed by atoms with E-state index in [1.165, 1.54) is 16.0 Å². The average molecular weight is 476 g/mol. The van der Waals surface area contributed by atoms with Gasteiger partial charge in [0, 0.05) is 16.9 Å². The fourth-order valence-corrected chi connectivity index (χ4v) is 6.59. The molecule has 7 rings (SSSR count). The summed E-state index contributed by atoms with van der Waals surface area (Å²) in [7, 11) is 0. The average Bonchev–Trinajstić information content (AvgIpc) is 3.04. The first-order valence-electron chi connectivity index (χ1n) is 11.2. The molecule has 4 aliphatic rings. The van der Waals surface area contributed by atoms with Gasteiger partial charge in [0.25, 0.3) is 0 Å². The first-order valence-corrected chi connectivity index (χ1v) is 12.0. The maximum atomic E-state index is 13.9. The highest BCUT2D eigenvalue weighted by molar-refractivity contribution is 6.38. The van der Waals surface area contributed by atoms with Crippen LogP contribution in [0.25, 0.3) is 0 Å². The maximum absolute atomic E-state index is 13.9. The molecule has 0 unspecified atom stereocenters. The number of carbonyl (C=O) groups is 2. The van der Waals surface area contributed by atoms with Gasteiger partial charge in [-0.2, -0.15) is 0 Å². The van der Waals surface area contributed by atoms with Gasteiger partial charge in [0.15, 0.2) is 0 Å². The smallest absolute Gasteiger partial charge is 0.238 e. The molecule has 3 nitrogen and oxygen atoms in total. The third-order valence-corrected chi connectivity index (χ3v) is 8.09. The highest BCUT2D eigenvalue weighted by Crippen LogP contribution is 2.61. The molecule has 1 aliphatic heterocycles. The summed E-state index contributed by atoms with van der Waals surface area (Å²) in [5.74, 6) is -1.52. The highest BCUT2D eigenvalue weighted by atomic mass is 35.5. The van der Waals surface area contributed by atoms with E-state index in [-0.39, 0.29) is 29.1 Å². The molecule has 0 spiro atoms. The molecule has 166 valence electrons. The van der Waals surface area contributed by atoms with E-state index < -0.39 is 11.8 Å². The Balaban J connectivity index is 1.56. The Bertz CT molecular complexity index is 1360. The quantitative estimate of drug-likeness (QED) is 0.367. The predicted octanol–water partition coefficient (Wildman–Crippen LogP) is 6.69. The van der Waals surface area contributed by atoms with E-state index in [0.717, 1.165) is 16.7 Å². The number of hydrogen-bond acceptors (Lipinski definition) is 2. The number of benzene rings is 3. The van der Waals surface area contributed by atoms with Crippen molar-refractivity contribution < 1.29 is 9.59 Å². The monoisotopic (exact) mass is 475 g/mol. The molecule has 0 aromatic heterocycles. The molecule has 0 radical (unpaired) electrons. The van der Waals surface area contributed by atoms with Gasteiger partial charge in [0.1, 0.15) is 0 Å². The second-order valence-corrected chi connectivity index (χ2v) is 11.2. The molecule has 0 saturated carbocycles. The Morgan fingerprint density at radius 2 is 1.30 bits per heavy atom. The van der Waals surface area contributed by atoms with Crippen molar-refractivity contribution in [2.45, 2.75) is 38.0 Å². The van der Waals surface area contributed by atoms with Crippen molar-refractivity contribution in [1.82, 2.24) is 0 Å². The van der Waals surface area contributed by atoms with Gasteiger partial charge in [-0.1, -0.05) is 86.4 Å². The molecule has 1 fully saturated rings. The van der Waals surface area contributed by atoms with E-state index in [4.69, 9.17) is 23.2 Å². The van der Waals surface area contributed by atoms with E-state index in [2.05, 4.69) is 51.1 Å². The fourth-order valence-electron chi connectivity index (χ4n) is 6.09. The summed E-state index contributed by atoms with van der Waals surface area (Å²) in [6, 6.07) is 19.8. The van der Waals surface area contributed by atoms with E-state index in [1.807, 2.05) is 12.1 Å². The number of anilines is 1. The summed E-state index contributed by atoms with van der Waals surface area (Å²) < 4.78 is 0. The number of nitrogens with zero attached hydrogens (tertiary/aromatic N) is 1. The van der Waals surface area contributed by atoms with Gasteiger partial charge < -0.3 is 0 Å². The summed E-state index contributed by atoms with van der Waals surface area (Å²) in [6.45, 7) is 6.59. The van der Waals surface area contributed by atoms with Gasteiger partial charge in [0.05, 0.1) is 22.5 Å². The molecule has 3 aliphatic carbocycles. The second-order valence-electron chi connectivity index (χ2n) is 10.3. The highest BCUT2D eigenvalue weighted by Gasteiger charge is 2.62. The molecule has 5 heteroatoms. The fraction of sp³-hybridized carbons (Fsp3) is 0.286. The lowest BCUT2D eigenvalue weighted by Gasteiger charge is -2.46. The van der Waals surface area contributed by atoms with Gasteiger partial charge >= 0.3 is 0 Å². The first-order chi connectivity index (χ1) is 15.7. The molecule has 1 heterocycles. The third kappa shape index (κ3) is 2.82. The van der Waals surface area contributed by atoms with Crippen LogP contribution in [-0.4, -0.2) is 11.8 Å². The topological polar surface area (TPSA) is 37.4 Å². The minimum atomic E-state index is -0.438. The first kappa shape index (κ1) is 20.9. The van der Waals surface area contributed by atoms with Crippen LogP contribution in [0.4, 0.5) is 5.69 Å². The number of imide groups is 1.